The number of nitro groups is 1. The number of hydrogen-bond acceptors (Lipinski definition) is 4. The predicted molar refractivity (Wildman–Crippen MR) is 79.4 cm³/mol. The molecule has 108 valence electrons. The molecule has 0 aliphatic heterocycles. The van der Waals surface area contributed by atoms with Gasteiger partial charge in [0.25, 0.3) is 5.69 Å². The highest BCUT2D eigenvalue weighted by molar-refractivity contribution is 9.10. The molecule has 0 heterocycles. The Morgan fingerprint density at radius 2 is 2.20 bits per heavy atom. The van der Waals surface area contributed by atoms with Crippen LogP contribution in [0.4, 0.5) is 11.4 Å². The van der Waals surface area contributed by atoms with E-state index >= 15 is 0 Å². The van der Waals surface area contributed by atoms with Crippen LogP contribution in [0.15, 0.2) is 22.7 Å². The van der Waals surface area contributed by atoms with Crippen LogP contribution in [0.1, 0.15) is 25.7 Å². The fourth-order valence-corrected chi connectivity index (χ4v) is 2.85. The molecule has 7 heteroatoms. The third-order valence-electron chi connectivity index (χ3n) is 3.82. The van der Waals surface area contributed by atoms with Gasteiger partial charge in [-0.3, -0.25) is 14.9 Å². The first-order chi connectivity index (χ1) is 9.46. The maximum absolute atomic E-state index is 12.0. The molecule has 2 rings (SSSR count). The minimum atomic E-state index is -0.478. The van der Waals surface area contributed by atoms with Crippen LogP contribution >= 0.6 is 15.9 Å². The lowest BCUT2D eigenvalue weighted by molar-refractivity contribution is -0.384. The van der Waals surface area contributed by atoms with Crippen molar-refractivity contribution in [1.82, 2.24) is 0 Å². The summed E-state index contributed by atoms with van der Waals surface area (Å²) < 4.78 is 0.496. The second-order valence-electron chi connectivity index (χ2n) is 5.20. The van der Waals surface area contributed by atoms with Gasteiger partial charge in [-0.05, 0) is 46.8 Å². The summed E-state index contributed by atoms with van der Waals surface area (Å²) in [6.45, 7) is 0.516. The molecule has 0 saturated heterocycles. The Bertz CT molecular complexity index is 538. The summed E-state index contributed by atoms with van der Waals surface area (Å²) in [6, 6.07) is 4.26. The fraction of sp³-hybridized carbons (Fsp3) is 0.462. The van der Waals surface area contributed by atoms with Gasteiger partial charge in [-0.15, -0.1) is 0 Å². The zero-order valence-corrected chi connectivity index (χ0v) is 12.5. The van der Waals surface area contributed by atoms with Gasteiger partial charge in [-0.1, -0.05) is 6.42 Å². The van der Waals surface area contributed by atoms with E-state index in [0.717, 1.165) is 19.3 Å². The van der Waals surface area contributed by atoms with E-state index in [0.29, 0.717) is 23.1 Å². The van der Waals surface area contributed by atoms with Crippen LogP contribution in [0.3, 0.4) is 0 Å². The van der Waals surface area contributed by atoms with Crippen molar-refractivity contribution in [3.63, 3.8) is 0 Å². The number of nitro benzene ring substituents is 1. The van der Waals surface area contributed by atoms with Crippen molar-refractivity contribution in [2.45, 2.75) is 25.7 Å². The van der Waals surface area contributed by atoms with Gasteiger partial charge in [0, 0.05) is 23.0 Å². The molecule has 0 aromatic heterocycles. The highest BCUT2D eigenvalue weighted by Gasteiger charge is 2.37. The van der Waals surface area contributed by atoms with Crippen LogP contribution in [-0.4, -0.2) is 17.4 Å². The van der Waals surface area contributed by atoms with Gasteiger partial charge in [0.05, 0.1) is 10.6 Å². The van der Waals surface area contributed by atoms with E-state index in [1.807, 2.05) is 0 Å². The lowest BCUT2D eigenvalue weighted by Gasteiger charge is -2.40. The molecule has 6 nitrogen and oxygen atoms in total. The van der Waals surface area contributed by atoms with Crippen LogP contribution in [0.25, 0.3) is 0 Å². The normalized spacial score (nSPS) is 16.3. The average Bonchev–Trinajstić information content (AvgIpc) is 2.36. The first-order valence-electron chi connectivity index (χ1n) is 6.40. The summed E-state index contributed by atoms with van der Waals surface area (Å²) in [5.41, 5.74) is 6.18. The molecule has 0 spiro atoms. The molecular formula is C13H16BrN3O3. The lowest BCUT2D eigenvalue weighted by atomic mass is 9.66. The maximum atomic E-state index is 12.0. The first kappa shape index (κ1) is 14.9. The van der Waals surface area contributed by atoms with Gasteiger partial charge in [-0.2, -0.15) is 0 Å². The lowest BCUT2D eigenvalue weighted by Crippen LogP contribution is -2.40. The van der Waals surface area contributed by atoms with Crippen molar-refractivity contribution in [3.8, 4) is 0 Å². The number of carbonyl (C=O) groups is 1. The number of carbonyl (C=O) groups excluding carboxylic acids is 1. The Hall–Kier alpha value is -1.47. The van der Waals surface area contributed by atoms with Crippen LogP contribution in [0, 0.1) is 15.5 Å². The summed E-state index contributed by atoms with van der Waals surface area (Å²) in [7, 11) is 0. The third-order valence-corrected chi connectivity index (χ3v) is 4.48. The van der Waals surface area contributed by atoms with Crippen molar-refractivity contribution in [2.75, 3.05) is 11.9 Å². The molecule has 0 bridgehead atoms. The molecule has 20 heavy (non-hydrogen) atoms. The number of non-ortho nitro benzene ring substituents is 1. The standard InChI is InChI=1S/C13H16BrN3O3/c14-10-6-9(17(19)20)2-3-11(10)16-12(18)7-13(8-15)4-1-5-13/h2-3,6H,1,4-5,7-8,15H2,(H,16,18). The first-order valence-corrected chi connectivity index (χ1v) is 7.19. The highest BCUT2D eigenvalue weighted by Crippen LogP contribution is 2.43. The monoisotopic (exact) mass is 341 g/mol. The number of amides is 1. The summed E-state index contributed by atoms with van der Waals surface area (Å²) >= 11 is 3.23. The van der Waals surface area contributed by atoms with E-state index < -0.39 is 4.92 Å². The van der Waals surface area contributed by atoms with Gasteiger partial charge in [0.1, 0.15) is 0 Å². The third kappa shape index (κ3) is 3.16. The molecule has 1 aliphatic carbocycles. The van der Waals surface area contributed by atoms with Gasteiger partial charge in [0.2, 0.25) is 5.91 Å². The SMILES string of the molecule is NCC1(CC(=O)Nc2ccc([N+](=O)[O-])cc2Br)CCC1. The number of anilines is 1. The molecule has 0 atom stereocenters. The van der Waals surface area contributed by atoms with Crippen molar-refractivity contribution < 1.29 is 9.72 Å². The molecule has 1 aromatic rings. The van der Waals surface area contributed by atoms with Gasteiger partial charge >= 0.3 is 0 Å². The van der Waals surface area contributed by atoms with E-state index in [1.165, 1.54) is 18.2 Å². The van der Waals surface area contributed by atoms with Gasteiger partial charge in [0.15, 0.2) is 0 Å². The van der Waals surface area contributed by atoms with Crippen molar-refractivity contribution in [1.29, 1.82) is 0 Å². The van der Waals surface area contributed by atoms with Crippen LogP contribution < -0.4 is 11.1 Å². The van der Waals surface area contributed by atoms with Crippen LogP contribution in [0.5, 0.6) is 0 Å². The van der Waals surface area contributed by atoms with Crippen LogP contribution in [0.2, 0.25) is 0 Å². The van der Waals surface area contributed by atoms with Gasteiger partial charge in [-0.25, -0.2) is 0 Å². The molecule has 1 aromatic carbocycles. The maximum Gasteiger partial charge on any atom is 0.270 e. The number of hydrogen-bond donors (Lipinski definition) is 2. The zero-order chi connectivity index (χ0) is 14.8. The van der Waals surface area contributed by atoms with E-state index in [4.69, 9.17) is 5.73 Å². The Morgan fingerprint density at radius 1 is 1.50 bits per heavy atom. The Balaban J connectivity index is 2.02. The predicted octanol–water partition coefficient (Wildman–Crippen LogP) is 2.81. The smallest absolute Gasteiger partial charge is 0.270 e. The molecule has 1 saturated carbocycles. The quantitative estimate of drug-likeness (QED) is 0.635. The number of benzene rings is 1. The van der Waals surface area contributed by atoms with Gasteiger partial charge < -0.3 is 11.1 Å². The molecule has 1 aliphatic rings. The van der Waals surface area contributed by atoms with E-state index in [-0.39, 0.29) is 17.0 Å². The molecular weight excluding hydrogens is 326 g/mol. The largest absolute Gasteiger partial charge is 0.330 e. The summed E-state index contributed by atoms with van der Waals surface area (Å²) in [5, 5.41) is 13.4. The molecule has 0 radical (unpaired) electrons. The number of nitrogens with zero attached hydrogens (tertiary/aromatic N) is 1. The van der Waals surface area contributed by atoms with Crippen molar-refractivity contribution in [2.24, 2.45) is 11.1 Å². The second kappa shape index (κ2) is 5.88. The fourth-order valence-electron chi connectivity index (χ4n) is 2.38. The number of nitrogens with one attached hydrogen (secondary N) is 1. The molecule has 1 fully saturated rings. The molecule has 0 unspecified atom stereocenters. The number of rotatable bonds is 5. The summed E-state index contributed by atoms with van der Waals surface area (Å²) in [4.78, 5) is 22.2. The number of nitrogens with two attached hydrogens (primary N) is 1. The molecule has 1 amide bonds. The Kier molecular flexibility index (Phi) is 4.39. The Labute approximate surface area is 125 Å². The van der Waals surface area contributed by atoms with E-state index in [1.54, 1.807) is 0 Å². The zero-order valence-electron chi connectivity index (χ0n) is 10.9. The Morgan fingerprint density at radius 3 is 2.65 bits per heavy atom. The van der Waals surface area contributed by atoms with Crippen molar-refractivity contribution in [3.05, 3.63) is 32.8 Å². The summed E-state index contributed by atoms with van der Waals surface area (Å²) in [5.74, 6) is -0.107. The molecule has 3 N–H and O–H groups in total. The minimum absolute atomic E-state index is 0.0210. The van der Waals surface area contributed by atoms with E-state index in [2.05, 4.69) is 21.2 Å². The summed E-state index contributed by atoms with van der Waals surface area (Å²) in [6.07, 6.45) is 3.48. The highest BCUT2D eigenvalue weighted by atomic mass is 79.9. The number of halogens is 1. The average molecular weight is 342 g/mol. The second-order valence-corrected chi connectivity index (χ2v) is 6.06. The topological polar surface area (TPSA) is 98.3 Å². The van der Waals surface area contributed by atoms with Crippen LogP contribution in [-0.2, 0) is 4.79 Å². The minimum Gasteiger partial charge on any atom is -0.330 e. The van der Waals surface area contributed by atoms with E-state index in [9.17, 15) is 14.9 Å². The van der Waals surface area contributed by atoms with Crippen molar-refractivity contribution >= 4 is 33.2 Å².